The van der Waals surface area contributed by atoms with Gasteiger partial charge >= 0.3 is 0 Å². The third-order valence-corrected chi connectivity index (χ3v) is 4.05. The maximum atomic E-state index is 5.71. The van der Waals surface area contributed by atoms with E-state index in [4.69, 9.17) is 4.74 Å². The molecule has 1 aromatic heterocycles. The van der Waals surface area contributed by atoms with Gasteiger partial charge in [0.15, 0.2) is 5.16 Å². The van der Waals surface area contributed by atoms with Gasteiger partial charge in [-0.1, -0.05) is 23.9 Å². The van der Waals surface area contributed by atoms with Crippen molar-refractivity contribution in [1.82, 2.24) is 9.97 Å². The Hall–Kier alpha value is -1.00. The van der Waals surface area contributed by atoms with E-state index in [-0.39, 0.29) is 0 Å². The summed E-state index contributed by atoms with van der Waals surface area (Å²) in [6.07, 6.45) is 4.10. The number of imidazole rings is 1. The number of thioether (sulfide) groups is 1. The van der Waals surface area contributed by atoms with Crippen LogP contribution < -0.4 is 0 Å². The van der Waals surface area contributed by atoms with Gasteiger partial charge in [-0.25, -0.2) is 4.98 Å². The number of fused-ring (bicyclic) bond motifs is 1. The Morgan fingerprint density at radius 2 is 2.29 bits per heavy atom. The number of hydrogen-bond donors (Lipinski definition) is 1. The zero-order valence-electron chi connectivity index (χ0n) is 9.69. The van der Waals surface area contributed by atoms with Crippen molar-refractivity contribution in [2.75, 3.05) is 12.4 Å². The molecule has 17 heavy (non-hydrogen) atoms. The highest BCUT2D eigenvalue weighted by atomic mass is 32.2. The van der Waals surface area contributed by atoms with Gasteiger partial charge in [0.05, 0.1) is 17.1 Å². The van der Waals surface area contributed by atoms with Crippen molar-refractivity contribution >= 4 is 22.8 Å². The molecular weight excluding hydrogens is 232 g/mol. The Morgan fingerprint density at radius 1 is 1.35 bits per heavy atom. The quantitative estimate of drug-likeness (QED) is 0.847. The van der Waals surface area contributed by atoms with E-state index >= 15 is 0 Å². The number of aromatic amines is 1. The molecule has 0 amide bonds. The molecule has 0 aliphatic carbocycles. The number of hydrogen-bond acceptors (Lipinski definition) is 3. The van der Waals surface area contributed by atoms with Gasteiger partial charge in [0.1, 0.15) is 0 Å². The van der Waals surface area contributed by atoms with E-state index in [0.717, 1.165) is 28.5 Å². The second-order valence-electron chi connectivity index (χ2n) is 4.36. The van der Waals surface area contributed by atoms with Crippen LogP contribution in [0.3, 0.4) is 0 Å². The fraction of sp³-hybridized carbons (Fsp3) is 0.462. The molecule has 0 spiro atoms. The molecule has 1 atom stereocenters. The molecule has 1 aromatic carbocycles. The topological polar surface area (TPSA) is 37.9 Å². The second-order valence-corrected chi connectivity index (χ2v) is 5.37. The molecule has 3 nitrogen and oxygen atoms in total. The number of benzene rings is 1. The van der Waals surface area contributed by atoms with Gasteiger partial charge in [0.2, 0.25) is 0 Å². The molecule has 90 valence electrons. The van der Waals surface area contributed by atoms with Gasteiger partial charge in [0.25, 0.3) is 0 Å². The molecule has 4 heteroatoms. The average Bonchev–Trinajstić information content (AvgIpc) is 2.80. The smallest absolute Gasteiger partial charge is 0.166 e. The first-order valence-electron chi connectivity index (χ1n) is 6.11. The number of nitrogens with one attached hydrogen (secondary N) is 1. The number of nitrogens with zero attached hydrogens (tertiary/aromatic N) is 1. The van der Waals surface area contributed by atoms with Gasteiger partial charge < -0.3 is 9.72 Å². The summed E-state index contributed by atoms with van der Waals surface area (Å²) < 4.78 is 5.71. The summed E-state index contributed by atoms with van der Waals surface area (Å²) in [6, 6.07) is 8.14. The SMILES string of the molecule is c1ccc2[nH]c(SC[C@@H]3CCCCO3)nc2c1. The van der Waals surface area contributed by atoms with Crippen molar-refractivity contribution in [1.29, 1.82) is 0 Å². The molecule has 2 aromatic rings. The molecule has 0 bridgehead atoms. The Kier molecular flexibility index (Phi) is 3.34. The summed E-state index contributed by atoms with van der Waals surface area (Å²) in [6.45, 7) is 0.922. The molecule has 0 unspecified atom stereocenters. The summed E-state index contributed by atoms with van der Waals surface area (Å²) >= 11 is 1.76. The van der Waals surface area contributed by atoms with Crippen LogP contribution in [0, 0.1) is 0 Å². The molecule has 0 saturated carbocycles. The zero-order valence-corrected chi connectivity index (χ0v) is 10.5. The normalized spacial score (nSPS) is 20.8. The fourth-order valence-electron chi connectivity index (χ4n) is 2.11. The van der Waals surface area contributed by atoms with E-state index < -0.39 is 0 Å². The minimum absolute atomic E-state index is 0.405. The summed E-state index contributed by atoms with van der Waals surface area (Å²) in [5.41, 5.74) is 2.15. The Morgan fingerprint density at radius 3 is 3.12 bits per heavy atom. The van der Waals surface area contributed by atoms with Crippen molar-refractivity contribution in [2.24, 2.45) is 0 Å². The molecule has 3 rings (SSSR count). The van der Waals surface area contributed by atoms with Crippen LogP contribution in [0.2, 0.25) is 0 Å². The summed E-state index contributed by atoms with van der Waals surface area (Å²) in [5, 5.41) is 1.00. The maximum Gasteiger partial charge on any atom is 0.166 e. The van der Waals surface area contributed by atoms with Gasteiger partial charge in [-0.05, 0) is 31.4 Å². The molecule has 1 aliphatic rings. The van der Waals surface area contributed by atoms with Crippen LogP contribution in [-0.2, 0) is 4.74 Å². The van der Waals surface area contributed by atoms with Crippen molar-refractivity contribution < 1.29 is 4.74 Å². The third kappa shape index (κ3) is 2.64. The minimum atomic E-state index is 0.405. The van der Waals surface area contributed by atoms with Crippen molar-refractivity contribution in [3.8, 4) is 0 Å². The Bertz CT molecular complexity index is 458. The lowest BCUT2D eigenvalue weighted by atomic mass is 10.1. The highest BCUT2D eigenvalue weighted by Gasteiger charge is 2.14. The van der Waals surface area contributed by atoms with Crippen LogP contribution in [0.25, 0.3) is 11.0 Å². The largest absolute Gasteiger partial charge is 0.377 e. The van der Waals surface area contributed by atoms with Crippen LogP contribution >= 0.6 is 11.8 Å². The first-order valence-corrected chi connectivity index (χ1v) is 7.09. The standard InChI is InChI=1S/C13H16N2OS/c1-2-7-12-11(6-1)14-13(15-12)17-9-10-5-3-4-8-16-10/h1-2,6-7,10H,3-5,8-9H2,(H,14,15)/t10-/m0/s1. The summed E-state index contributed by atoms with van der Waals surface area (Å²) in [4.78, 5) is 7.88. The minimum Gasteiger partial charge on any atom is -0.377 e. The highest BCUT2D eigenvalue weighted by Crippen LogP contribution is 2.23. The van der Waals surface area contributed by atoms with Crippen molar-refractivity contribution in [3.05, 3.63) is 24.3 Å². The van der Waals surface area contributed by atoms with Crippen LogP contribution in [-0.4, -0.2) is 28.4 Å². The van der Waals surface area contributed by atoms with Gasteiger partial charge in [0, 0.05) is 12.4 Å². The first-order chi connectivity index (χ1) is 8.42. The Labute approximate surface area is 105 Å². The number of ether oxygens (including phenoxy) is 1. The zero-order chi connectivity index (χ0) is 11.5. The highest BCUT2D eigenvalue weighted by molar-refractivity contribution is 7.99. The predicted octanol–water partition coefficient (Wildman–Crippen LogP) is 3.22. The average molecular weight is 248 g/mol. The first kappa shape index (κ1) is 11.1. The lowest BCUT2D eigenvalue weighted by Gasteiger charge is -2.21. The van der Waals surface area contributed by atoms with Gasteiger partial charge in [-0.2, -0.15) is 0 Å². The van der Waals surface area contributed by atoms with E-state index in [1.54, 1.807) is 11.8 Å². The van der Waals surface area contributed by atoms with Crippen LogP contribution in [0.15, 0.2) is 29.4 Å². The second kappa shape index (κ2) is 5.10. The van der Waals surface area contributed by atoms with Crippen molar-refractivity contribution in [2.45, 2.75) is 30.5 Å². The number of H-pyrrole nitrogens is 1. The molecule has 1 saturated heterocycles. The van der Waals surface area contributed by atoms with E-state index in [1.165, 1.54) is 19.3 Å². The molecular formula is C13H16N2OS. The monoisotopic (exact) mass is 248 g/mol. The molecule has 0 radical (unpaired) electrons. The lowest BCUT2D eigenvalue weighted by molar-refractivity contribution is 0.0315. The number of para-hydroxylation sites is 2. The van der Waals surface area contributed by atoms with E-state index in [2.05, 4.69) is 16.0 Å². The summed E-state index contributed by atoms with van der Waals surface area (Å²) in [5.74, 6) is 1.000. The van der Waals surface area contributed by atoms with E-state index in [0.29, 0.717) is 6.10 Å². The molecule has 2 heterocycles. The predicted molar refractivity (Wildman–Crippen MR) is 70.4 cm³/mol. The Balaban J connectivity index is 1.64. The van der Waals surface area contributed by atoms with Gasteiger partial charge in [-0.15, -0.1) is 0 Å². The van der Waals surface area contributed by atoms with Crippen LogP contribution in [0.5, 0.6) is 0 Å². The number of aromatic nitrogens is 2. The van der Waals surface area contributed by atoms with Crippen LogP contribution in [0.1, 0.15) is 19.3 Å². The number of rotatable bonds is 3. The van der Waals surface area contributed by atoms with Gasteiger partial charge in [-0.3, -0.25) is 0 Å². The third-order valence-electron chi connectivity index (χ3n) is 3.05. The van der Waals surface area contributed by atoms with E-state index in [1.807, 2.05) is 18.2 Å². The molecule has 1 fully saturated rings. The summed E-state index contributed by atoms with van der Waals surface area (Å²) in [7, 11) is 0. The van der Waals surface area contributed by atoms with E-state index in [9.17, 15) is 0 Å². The lowest BCUT2D eigenvalue weighted by Crippen LogP contribution is -2.21. The fourth-order valence-corrected chi connectivity index (χ4v) is 3.06. The molecule has 1 aliphatic heterocycles. The van der Waals surface area contributed by atoms with Crippen LogP contribution in [0.4, 0.5) is 0 Å². The molecule has 1 N–H and O–H groups in total. The van der Waals surface area contributed by atoms with Crippen molar-refractivity contribution in [3.63, 3.8) is 0 Å². The maximum absolute atomic E-state index is 5.71.